The molecule has 0 atom stereocenters. The first-order chi connectivity index (χ1) is 10.1. The first-order valence-electron chi connectivity index (χ1n) is 6.53. The van der Waals surface area contributed by atoms with Crippen LogP contribution in [0.5, 0.6) is 0 Å². The molecule has 0 bridgehead atoms. The Kier molecular flexibility index (Phi) is 5.38. The lowest BCUT2D eigenvalue weighted by molar-refractivity contribution is 0.203. The Labute approximate surface area is 131 Å². The van der Waals surface area contributed by atoms with Crippen LogP contribution in [0.15, 0.2) is 45.5 Å². The highest BCUT2D eigenvalue weighted by atomic mass is 79.9. The minimum absolute atomic E-state index is 0.223. The molecule has 0 saturated heterocycles. The van der Waals surface area contributed by atoms with Crippen LogP contribution in [0, 0.1) is 5.82 Å². The molecule has 6 heteroatoms. The third kappa shape index (κ3) is 4.60. The second kappa shape index (κ2) is 7.26. The highest BCUT2D eigenvalue weighted by molar-refractivity contribution is 9.10. The summed E-state index contributed by atoms with van der Waals surface area (Å²) in [6, 6.07) is 9.91. The maximum absolute atomic E-state index is 13.4. The predicted molar refractivity (Wildman–Crippen MR) is 81.4 cm³/mol. The largest absolute Gasteiger partial charge is 0.452 e. The van der Waals surface area contributed by atoms with Gasteiger partial charge in [0.15, 0.2) is 4.67 Å². The normalized spacial score (nSPS) is 10.4. The summed E-state index contributed by atoms with van der Waals surface area (Å²) in [5, 5.41) is 2.75. The molecule has 1 heterocycles. The number of hydrogen-bond acceptors (Lipinski definition) is 2. The standard InChI is InChI=1S/C15H16BrFN2O2/c1-19(10-12-6-7-14(16)21-12)15(20)18-9-8-11-4-2-3-5-13(11)17/h2-7H,8-10H2,1H3,(H,18,20). The summed E-state index contributed by atoms with van der Waals surface area (Å²) in [4.78, 5) is 13.4. The van der Waals surface area contributed by atoms with Crippen LogP contribution < -0.4 is 5.32 Å². The molecule has 4 nitrogen and oxygen atoms in total. The Hall–Kier alpha value is -1.82. The molecular formula is C15H16BrFN2O2. The lowest BCUT2D eigenvalue weighted by Gasteiger charge is -2.16. The van der Waals surface area contributed by atoms with E-state index in [0.29, 0.717) is 35.5 Å². The van der Waals surface area contributed by atoms with E-state index in [4.69, 9.17) is 4.42 Å². The van der Waals surface area contributed by atoms with Crippen molar-refractivity contribution in [3.8, 4) is 0 Å². The van der Waals surface area contributed by atoms with Gasteiger partial charge in [-0.1, -0.05) is 18.2 Å². The molecule has 2 rings (SSSR count). The number of nitrogens with zero attached hydrogens (tertiary/aromatic N) is 1. The fraction of sp³-hybridized carbons (Fsp3) is 0.267. The van der Waals surface area contributed by atoms with E-state index in [1.165, 1.54) is 11.0 Å². The molecule has 0 unspecified atom stereocenters. The van der Waals surface area contributed by atoms with Crippen LogP contribution in [0.25, 0.3) is 0 Å². The maximum Gasteiger partial charge on any atom is 0.317 e. The smallest absolute Gasteiger partial charge is 0.317 e. The van der Waals surface area contributed by atoms with Crippen LogP contribution in [0.3, 0.4) is 0 Å². The Bertz CT molecular complexity index is 615. The average Bonchev–Trinajstić information content (AvgIpc) is 2.86. The molecule has 1 N–H and O–H groups in total. The Morgan fingerprint density at radius 3 is 2.76 bits per heavy atom. The number of rotatable bonds is 5. The SMILES string of the molecule is CN(Cc1ccc(Br)o1)C(=O)NCCc1ccccc1F. The van der Waals surface area contributed by atoms with Gasteiger partial charge in [-0.15, -0.1) is 0 Å². The van der Waals surface area contributed by atoms with Crippen molar-refractivity contribution < 1.29 is 13.6 Å². The zero-order valence-corrected chi connectivity index (χ0v) is 13.2. The molecule has 0 aliphatic carbocycles. The van der Waals surface area contributed by atoms with E-state index in [-0.39, 0.29) is 11.8 Å². The third-order valence-corrected chi connectivity index (χ3v) is 3.42. The molecule has 2 amide bonds. The van der Waals surface area contributed by atoms with Gasteiger partial charge in [-0.2, -0.15) is 0 Å². The van der Waals surface area contributed by atoms with Crippen LogP contribution in [0.2, 0.25) is 0 Å². The van der Waals surface area contributed by atoms with Crippen LogP contribution in [0.4, 0.5) is 9.18 Å². The number of carbonyl (C=O) groups excluding carboxylic acids is 1. The van der Waals surface area contributed by atoms with Gasteiger partial charge in [0.25, 0.3) is 0 Å². The van der Waals surface area contributed by atoms with Gasteiger partial charge in [-0.3, -0.25) is 0 Å². The van der Waals surface area contributed by atoms with Gasteiger partial charge < -0.3 is 14.6 Å². The first-order valence-corrected chi connectivity index (χ1v) is 7.32. The van der Waals surface area contributed by atoms with Crippen LogP contribution in [0.1, 0.15) is 11.3 Å². The van der Waals surface area contributed by atoms with Crippen LogP contribution in [-0.4, -0.2) is 24.5 Å². The molecule has 0 fully saturated rings. The van der Waals surface area contributed by atoms with Crippen LogP contribution in [-0.2, 0) is 13.0 Å². The van der Waals surface area contributed by atoms with Gasteiger partial charge in [0.2, 0.25) is 0 Å². The molecular weight excluding hydrogens is 339 g/mol. The summed E-state index contributed by atoms with van der Waals surface area (Å²) in [5.74, 6) is 0.439. The molecule has 1 aromatic carbocycles. The number of hydrogen-bond donors (Lipinski definition) is 1. The number of benzene rings is 1. The Morgan fingerprint density at radius 1 is 1.33 bits per heavy atom. The van der Waals surface area contributed by atoms with Crippen molar-refractivity contribution in [1.82, 2.24) is 10.2 Å². The van der Waals surface area contributed by atoms with Crippen molar-refractivity contribution in [1.29, 1.82) is 0 Å². The number of furan rings is 1. The van der Waals surface area contributed by atoms with E-state index >= 15 is 0 Å². The quantitative estimate of drug-likeness (QED) is 0.891. The summed E-state index contributed by atoms with van der Waals surface area (Å²) in [6.45, 7) is 0.753. The molecule has 0 radical (unpaired) electrons. The van der Waals surface area contributed by atoms with Crippen molar-refractivity contribution in [2.75, 3.05) is 13.6 Å². The number of urea groups is 1. The van der Waals surface area contributed by atoms with E-state index in [1.807, 2.05) is 0 Å². The Balaban J connectivity index is 1.77. The molecule has 0 aliphatic rings. The van der Waals surface area contributed by atoms with Crippen molar-refractivity contribution in [3.05, 3.63) is 58.2 Å². The van der Waals surface area contributed by atoms with Crippen molar-refractivity contribution in [3.63, 3.8) is 0 Å². The number of carbonyl (C=O) groups is 1. The maximum atomic E-state index is 13.4. The molecule has 0 saturated carbocycles. The minimum Gasteiger partial charge on any atom is -0.452 e. The topological polar surface area (TPSA) is 45.5 Å². The number of amides is 2. The second-order valence-corrected chi connectivity index (χ2v) is 5.42. The van der Waals surface area contributed by atoms with Gasteiger partial charge >= 0.3 is 6.03 Å². The van der Waals surface area contributed by atoms with Gasteiger partial charge in [0.05, 0.1) is 6.54 Å². The zero-order chi connectivity index (χ0) is 15.2. The summed E-state index contributed by atoms with van der Waals surface area (Å²) in [5.41, 5.74) is 0.593. The van der Waals surface area contributed by atoms with Gasteiger partial charge in [0, 0.05) is 13.6 Å². The highest BCUT2D eigenvalue weighted by Gasteiger charge is 2.11. The van der Waals surface area contributed by atoms with Gasteiger partial charge in [0.1, 0.15) is 11.6 Å². The van der Waals surface area contributed by atoms with Gasteiger partial charge in [-0.05, 0) is 46.1 Å². The third-order valence-electron chi connectivity index (χ3n) is 3.00. The van der Waals surface area contributed by atoms with Crippen molar-refractivity contribution >= 4 is 22.0 Å². The van der Waals surface area contributed by atoms with Gasteiger partial charge in [-0.25, -0.2) is 9.18 Å². The summed E-state index contributed by atoms with van der Waals surface area (Å²) < 4.78 is 19.4. The number of nitrogens with one attached hydrogen (secondary N) is 1. The fourth-order valence-corrected chi connectivity index (χ4v) is 2.22. The second-order valence-electron chi connectivity index (χ2n) is 4.64. The zero-order valence-electron chi connectivity index (χ0n) is 11.6. The number of halogens is 2. The first kappa shape index (κ1) is 15.6. The minimum atomic E-state index is -0.250. The van der Waals surface area contributed by atoms with E-state index < -0.39 is 0 Å². The predicted octanol–water partition coefficient (Wildman–Crippen LogP) is 3.57. The summed E-state index contributed by atoms with van der Waals surface area (Å²) in [6.07, 6.45) is 0.457. The molecule has 21 heavy (non-hydrogen) atoms. The molecule has 1 aromatic heterocycles. The Morgan fingerprint density at radius 2 is 2.10 bits per heavy atom. The lowest BCUT2D eigenvalue weighted by Crippen LogP contribution is -2.37. The fourth-order valence-electron chi connectivity index (χ4n) is 1.88. The van der Waals surface area contributed by atoms with E-state index in [1.54, 1.807) is 37.4 Å². The summed E-state index contributed by atoms with van der Waals surface area (Å²) in [7, 11) is 1.68. The lowest BCUT2D eigenvalue weighted by atomic mass is 10.1. The molecule has 0 aliphatic heterocycles. The highest BCUT2D eigenvalue weighted by Crippen LogP contribution is 2.15. The summed E-state index contributed by atoms with van der Waals surface area (Å²) >= 11 is 3.21. The molecule has 2 aromatic rings. The average molecular weight is 355 g/mol. The van der Waals surface area contributed by atoms with E-state index in [0.717, 1.165) is 0 Å². The monoisotopic (exact) mass is 354 g/mol. The molecule has 0 spiro atoms. The van der Waals surface area contributed by atoms with Crippen molar-refractivity contribution in [2.45, 2.75) is 13.0 Å². The van der Waals surface area contributed by atoms with E-state index in [9.17, 15) is 9.18 Å². The molecule has 112 valence electrons. The van der Waals surface area contributed by atoms with Crippen molar-refractivity contribution in [2.24, 2.45) is 0 Å². The van der Waals surface area contributed by atoms with Crippen LogP contribution >= 0.6 is 15.9 Å². The van der Waals surface area contributed by atoms with E-state index in [2.05, 4.69) is 21.2 Å².